The van der Waals surface area contributed by atoms with Crippen LogP contribution in [0.5, 0.6) is 0 Å². The predicted octanol–water partition coefficient (Wildman–Crippen LogP) is 1.56. The van der Waals surface area contributed by atoms with Gasteiger partial charge < -0.3 is 5.32 Å². The number of carbonyl (C=O) groups excluding carboxylic acids is 1. The van der Waals surface area contributed by atoms with Gasteiger partial charge in [-0.1, -0.05) is 18.1 Å². The molecule has 0 fully saturated rings. The third kappa shape index (κ3) is 4.21. The van der Waals surface area contributed by atoms with Crippen molar-refractivity contribution in [3.8, 4) is 11.8 Å². The standard InChI is InChI=1S/C16H15N3O/c1-17-16(20)9-7-14-4-2-13(3-5-14)6-8-15-10-11-18-12-19-15/h2-5,10-12H,7,9H2,1H3,(H,17,20). The lowest BCUT2D eigenvalue weighted by molar-refractivity contribution is -0.120. The van der Waals surface area contributed by atoms with Gasteiger partial charge in [0.15, 0.2) is 0 Å². The predicted molar refractivity (Wildman–Crippen MR) is 76.8 cm³/mol. The Labute approximate surface area is 118 Å². The van der Waals surface area contributed by atoms with E-state index < -0.39 is 0 Å². The minimum absolute atomic E-state index is 0.0534. The molecule has 1 aromatic heterocycles. The van der Waals surface area contributed by atoms with Crippen LogP contribution in [0.2, 0.25) is 0 Å². The van der Waals surface area contributed by atoms with E-state index in [-0.39, 0.29) is 5.91 Å². The Hall–Kier alpha value is -2.67. The summed E-state index contributed by atoms with van der Waals surface area (Å²) in [6, 6.07) is 9.66. The van der Waals surface area contributed by atoms with Crippen LogP contribution in [0.25, 0.3) is 0 Å². The molecule has 0 atom stereocenters. The molecule has 0 radical (unpaired) electrons. The minimum Gasteiger partial charge on any atom is -0.359 e. The van der Waals surface area contributed by atoms with Crippen LogP contribution in [-0.2, 0) is 11.2 Å². The molecule has 4 nitrogen and oxygen atoms in total. The van der Waals surface area contributed by atoms with Gasteiger partial charge in [0.2, 0.25) is 5.91 Å². The van der Waals surface area contributed by atoms with Gasteiger partial charge in [-0.3, -0.25) is 4.79 Å². The highest BCUT2D eigenvalue weighted by Crippen LogP contribution is 2.06. The quantitative estimate of drug-likeness (QED) is 0.857. The summed E-state index contributed by atoms with van der Waals surface area (Å²) in [5, 5.41) is 2.61. The van der Waals surface area contributed by atoms with Gasteiger partial charge in [0.05, 0.1) is 0 Å². The van der Waals surface area contributed by atoms with E-state index in [1.165, 1.54) is 6.33 Å². The Morgan fingerprint density at radius 1 is 1.20 bits per heavy atom. The number of aryl methyl sites for hydroxylation is 1. The van der Waals surface area contributed by atoms with E-state index in [0.29, 0.717) is 12.1 Å². The number of nitrogens with zero attached hydrogens (tertiary/aromatic N) is 2. The van der Waals surface area contributed by atoms with Gasteiger partial charge in [0.25, 0.3) is 0 Å². The molecule has 4 heteroatoms. The van der Waals surface area contributed by atoms with Crippen LogP contribution in [0.15, 0.2) is 42.9 Å². The maximum Gasteiger partial charge on any atom is 0.220 e. The van der Waals surface area contributed by atoms with E-state index in [2.05, 4.69) is 27.1 Å². The summed E-state index contributed by atoms with van der Waals surface area (Å²) in [4.78, 5) is 19.0. The summed E-state index contributed by atoms with van der Waals surface area (Å²) in [5.41, 5.74) is 2.75. The van der Waals surface area contributed by atoms with Crippen molar-refractivity contribution in [3.05, 3.63) is 59.7 Å². The largest absolute Gasteiger partial charge is 0.359 e. The van der Waals surface area contributed by atoms with Gasteiger partial charge in [-0.25, -0.2) is 9.97 Å². The molecule has 1 heterocycles. The van der Waals surface area contributed by atoms with Crippen molar-refractivity contribution in [3.63, 3.8) is 0 Å². The Bertz CT molecular complexity index is 624. The normalized spacial score (nSPS) is 9.45. The first-order valence-electron chi connectivity index (χ1n) is 6.35. The second-order valence-corrected chi connectivity index (χ2v) is 4.21. The third-order valence-corrected chi connectivity index (χ3v) is 2.79. The number of hydrogen-bond donors (Lipinski definition) is 1. The van der Waals surface area contributed by atoms with E-state index in [1.807, 2.05) is 24.3 Å². The number of benzene rings is 1. The molecule has 0 unspecified atom stereocenters. The van der Waals surface area contributed by atoms with Gasteiger partial charge in [-0.15, -0.1) is 0 Å². The maximum atomic E-state index is 11.2. The van der Waals surface area contributed by atoms with Crippen molar-refractivity contribution in [1.29, 1.82) is 0 Å². The molecular weight excluding hydrogens is 250 g/mol. The zero-order chi connectivity index (χ0) is 14.2. The van der Waals surface area contributed by atoms with Gasteiger partial charge in [0, 0.05) is 25.2 Å². The molecule has 1 N–H and O–H groups in total. The summed E-state index contributed by atoms with van der Waals surface area (Å²) in [7, 11) is 1.65. The minimum atomic E-state index is 0.0534. The number of hydrogen-bond acceptors (Lipinski definition) is 3. The van der Waals surface area contributed by atoms with Crippen molar-refractivity contribution >= 4 is 5.91 Å². The monoisotopic (exact) mass is 265 g/mol. The van der Waals surface area contributed by atoms with Crippen molar-refractivity contribution in [2.45, 2.75) is 12.8 Å². The van der Waals surface area contributed by atoms with Gasteiger partial charge in [-0.2, -0.15) is 0 Å². The third-order valence-electron chi connectivity index (χ3n) is 2.79. The fourth-order valence-corrected chi connectivity index (χ4v) is 1.64. The molecule has 20 heavy (non-hydrogen) atoms. The fraction of sp³-hybridized carbons (Fsp3) is 0.188. The molecule has 0 bridgehead atoms. The topological polar surface area (TPSA) is 54.9 Å². The molecule has 2 rings (SSSR count). The van der Waals surface area contributed by atoms with E-state index >= 15 is 0 Å². The number of carbonyl (C=O) groups is 1. The van der Waals surface area contributed by atoms with Crippen LogP contribution in [0.3, 0.4) is 0 Å². The molecule has 100 valence electrons. The first-order valence-corrected chi connectivity index (χ1v) is 6.35. The summed E-state index contributed by atoms with van der Waals surface area (Å²) in [6.45, 7) is 0. The molecule has 0 aliphatic heterocycles. The smallest absolute Gasteiger partial charge is 0.220 e. The van der Waals surface area contributed by atoms with Crippen LogP contribution in [0.1, 0.15) is 23.2 Å². The van der Waals surface area contributed by atoms with Crippen LogP contribution >= 0.6 is 0 Å². The summed E-state index contributed by atoms with van der Waals surface area (Å²) in [6.07, 6.45) is 4.38. The summed E-state index contributed by atoms with van der Waals surface area (Å²) >= 11 is 0. The summed E-state index contributed by atoms with van der Waals surface area (Å²) < 4.78 is 0. The summed E-state index contributed by atoms with van der Waals surface area (Å²) in [5.74, 6) is 6.07. The molecular formula is C16H15N3O. The van der Waals surface area contributed by atoms with Crippen molar-refractivity contribution < 1.29 is 4.79 Å². The van der Waals surface area contributed by atoms with Gasteiger partial charge in [0.1, 0.15) is 12.0 Å². The Balaban J connectivity index is 1.98. The van der Waals surface area contributed by atoms with E-state index in [4.69, 9.17) is 0 Å². The highest BCUT2D eigenvalue weighted by molar-refractivity contribution is 5.75. The molecule has 1 aromatic carbocycles. The molecule has 0 saturated carbocycles. The second-order valence-electron chi connectivity index (χ2n) is 4.21. The number of nitrogens with one attached hydrogen (secondary N) is 1. The maximum absolute atomic E-state index is 11.2. The molecule has 0 saturated heterocycles. The van der Waals surface area contributed by atoms with Crippen molar-refractivity contribution in [2.24, 2.45) is 0 Å². The molecule has 0 aliphatic rings. The lowest BCUT2D eigenvalue weighted by atomic mass is 10.1. The van der Waals surface area contributed by atoms with Gasteiger partial charge >= 0.3 is 0 Å². The van der Waals surface area contributed by atoms with Crippen LogP contribution in [0, 0.1) is 11.8 Å². The van der Waals surface area contributed by atoms with Crippen LogP contribution < -0.4 is 5.32 Å². The number of rotatable bonds is 3. The number of amides is 1. The Kier molecular flexibility index (Phi) is 4.85. The van der Waals surface area contributed by atoms with Crippen LogP contribution in [0.4, 0.5) is 0 Å². The molecule has 0 aliphatic carbocycles. The lowest BCUT2D eigenvalue weighted by Crippen LogP contribution is -2.17. The molecule has 1 amide bonds. The Morgan fingerprint density at radius 2 is 2.00 bits per heavy atom. The van der Waals surface area contributed by atoms with Crippen molar-refractivity contribution in [1.82, 2.24) is 15.3 Å². The highest BCUT2D eigenvalue weighted by Gasteiger charge is 1.99. The van der Waals surface area contributed by atoms with E-state index in [9.17, 15) is 4.79 Å². The number of aromatic nitrogens is 2. The molecule has 2 aromatic rings. The van der Waals surface area contributed by atoms with Crippen molar-refractivity contribution in [2.75, 3.05) is 7.05 Å². The fourth-order valence-electron chi connectivity index (χ4n) is 1.64. The lowest BCUT2D eigenvalue weighted by Gasteiger charge is -2.00. The average Bonchev–Trinajstić information content (AvgIpc) is 2.52. The first-order chi connectivity index (χ1) is 9.78. The average molecular weight is 265 g/mol. The van der Waals surface area contributed by atoms with Gasteiger partial charge in [-0.05, 0) is 36.1 Å². The SMILES string of the molecule is CNC(=O)CCc1ccc(C#Cc2ccncn2)cc1. The molecule has 0 spiro atoms. The van der Waals surface area contributed by atoms with E-state index in [1.54, 1.807) is 19.3 Å². The van der Waals surface area contributed by atoms with Crippen LogP contribution in [-0.4, -0.2) is 22.9 Å². The highest BCUT2D eigenvalue weighted by atomic mass is 16.1. The zero-order valence-corrected chi connectivity index (χ0v) is 11.3. The Morgan fingerprint density at radius 3 is 2.65 bits per heavy atom. The zero-order valence-electron chi connectivity index (χ0n) is 11.3. The van der Waals surface area contributed by atoms with E-state index in [0.717, 1.165) is 17.5 Å². The second kappa shape index (κ2) is 7.05. The first kappa shape index (κ1) is 13.8.